The van der Waals surface area contributed by atoms with E-state index in [-0.39, 0.29) is 18.5 Å². The second-order valence-electron chi connectivity index (χ2n) is 7.24. The molecule has 1 aliphatic carbocycles. The summed E-state index contributed by atoms with van der Waals surface area (Å²) < 4.78 is 0. The van der Waals surface area contributed by atoms with Crippen molar-refractivity contribution in [2.75, 3.05) is 26.2 Å². The standard InChI is InChI=1S/C18H33N3O3/c1-3-20(13-17(22)23)16-9-11-21(12-10-16)14(2)18(24)19-15-7-5-4-6-8-15/h14-16H,3-13H2,1-2H3,(H,19,24)(H,22,23). The molecule has 1 amide bonds. The molecule has 138 valence electrons. The number of nitrogens with one attached hydrogen (secondary N) is 1. The highest BCUT2D eigenvalue weighted by molar-refractivity contribution is 5.81. The van der Waals surface area contributed by atoms with Crippen LogP contribution >= 0.6 is 0 Å². The third-order valence-electron chi connectivity index (χ3n) is 5.64. The molecule has 1 aliphatic heterocycles. The van der Waals surface area contributed by atoms with Crippen molar-refractivity contribution in [3.05, 3.63) is 0 Å². The van der Waals surface area contributed by atoms with Gasteiger partial charge in [0.25, 0.3) is 0 Å². The molecule has 2 aliphatic rings. The first-order chi connectivity index (χ1) is 11.5. The van der Waals surface area contributed by atoms with Crippen LogP contribution in [0, 0.1) is 0 Å². The summed E-state index contributed by atoms with van der Waals surface area (Å²) in [5.74, 6) is -0.613. The quantitative estimate of drug-likeness (QED) is 0.738. The first-order valence-corrected chi connectivity index (χ1v) is 9.51. The van der Waals surface area contributed by atoms with E-state index >= 15 is 0 Å². The van der Waals surface area contributed by atoms with Crippen molar-refractivity contribution in [3.8, 4) is 0 Å². The lowest BCUT2D eigenvalue weighted by Gasteiger charge is -2.39. The number of carbonyl (C=O) groups is 2. The van der Waals surface area contributed by atoms with Crippen molar-refractivity contribution in [2.45, 2.75) is 76.9 Å². The van der Waals surface area contributed by atoms with Gasteiger partial charge in [-0.15, -0.1) is 0 Å². The third kappa shape index (κ3) is 5.45. The van der Waals surface area contributed by atoms with E-state index in [1.54, 1.807) is 0 Å². The average Bonchev–Trinajstić information content (AvgIpc) is 2.60. The number of carboxylic acids is 1. The molecule has 6 nitrogen and oxygen atoms in total. The molecule has 24 heavy (non-hydrogen) atoms. The number of amides is 1. The van der Waals surface area contributed by atoms with Crippen LogP contribution in [0.1, 0.15) is 58.8 Å². The first-order valence-electron chi connectivity index (χ1n) is 9.51. The highest BCUT2D eigenvalue weighted by atomic mass is 16.4. The van der Waals surface area contributed by atoms with Gasteiger partial charge in [0.1, 0.15) is 0 Å². The molecule has 1 unspecified atom stereocenters. The van der Waals surface area contributed by atoms with Crippen molar-refractivity contribution in [1.29, 1.82) is 0 Å². The zero-order valence-electron chi connectivity index (χ0n) is 15.2. The van der Waals surface area contributed by atoms with Gasteiger partial charge in [0.15, 0.2) is 0 Å². The molecular formula is C18H33N3O3. The maximum Gasteiger partial charge on any atom is 0.317 e. The van der Waals surface area contributed by atoms with E-state index in [2.05, 4.69) is 10.2 Å². The number of likely N-dealkylation sites (tertiary alicyclic amines) is 1. The Balaban J connectivity index is 1.77. The fourth-order valence-electron chi connectivity index (χ4n) is 4.05. The SMILES string of the molecule is CCN(CC(=O)O)C1CCN(C(C)C(=O)NC2CCCCC2)CC1. The van der Waals surface area contributed by atoms with Crippen molar-refractivity contribution < 1.29 is 14.7 Å². The molecule has 6 heteroatoms. The van der Waals surface area contributed by atoms with Crippen LogP contribution in [0.25, 0.3) is 0 Å². The van der Waals surface area contributed by atoms with Crippen LogP contribution in [0.15, 0.2) is 0 Å². The van der Waals surface area contributed by atoms with Gasteiger partial charge in [-0.3, -0.25) is 19.4 Å². The van der Waals surface area contributed by atoms with Crippen LogP contribution in [-0.2, 0) is 9.59 Å². The summed E-state index contributed by atoms with van der Waals surface area (Å²) in [7, 11) is 0. The van der Waals surface area contributed by atoms with E-state index in [1.165, 1.54) is 19.3 Å². The van der Waals surface area contributed by atoms with Crippen molar-refractivity contribution >= 4 is 11.9 Å². The van der Waals surface area contributed by atoms with E-state index in [0.29, 0.717) is 12.1 Å². The Bertz CT molecular complexity index is 416. The number of rotatable bonds is 7. The van der Waals surface area contributed by atoms with Crippen LogP contribution in [0.3, 0.4) is 0 Å². The summed E-state index contributed by atoms with van der Waals surface area (Å²) in [5, 5.41) is 12.2. The number of piperidine rings is 1. The largest absolute Gasteiger partial charge is 0.480 e. The number of likely N-dealkylation sites (N-methyl/N-ethyl adjacent to an activating group) is 1. The topological polar surface area (TPSA) is 72.9 Å². The van der Waals surface area contributed by atoms with Crippen LogP contribution in [0.5, 0.6) is 0 Å². The van der Waals surface area contributed by atoms with E-state index in [1.807, 2.05) is 18.7 Å². The van der Waals surface area contributed by atoms with E-state index in [9.17, 15) is 9.59 Å². The van der Waals surface area contributed by atoms with Gasteiger partial charge in [-0.1, -0.05) is 26.2 Å². The monoisotopic (exact) mass is 339 g/mol. The number of aliphatic carboxylic acids is 1. The van der Waals surface area contributed by atoms with Gasteiger partial charge in [0, 0.05) is 25.2 Å². The average molecular weight is 339 g/mol. The first kappa shape index (κ1) is 19.2. The molecule has 1 heterocycles. The van der Waals surface area contributed by atoms with Crippen molar-refractivity contribution in [3.63, 3.8) is 0 Å². The fraction of sp³-hybridized carbons (Fsp3) is 0.889. The van der Waals surface area contributed by atoms with Gasteiger partial charge >= 0.3 is 5.97 Å². The maximum absolute atomic E-state index is 12.5. The summed E-state index contributed by atoms with van der Waals surface area (Å²) in [6.07, 6.45) is 7.83. The van der Waals surface area contributed by atoms with Crippen molar-refractivity contribution in [2.24, 2.45) is 0 Å². The minimum atomic E-state index is -0.764. The molecule has 1 saturated heterocycles. The van der Waals surface area contributed by atoms with Gasteiger partial charge < -0.3 is 10.4 Å². The number of carbonyl (C=O) groups excluding carboxylic acids is 1. The van der Waals surface area contributed by atoms with Gasteiger partial charge in [0.2, 0.25) is 5.91 Å². The van der Waals surface area contributed by atoms with Gasteiger partial charge in [-0.05, 0) is 39.2 Å². The molecule has 2 N–H and O–H groups in total. The molecule has 0 bridgehead atoms. The molecule has 0 aromatic rings. The van der Waals surface area contributed by atoms with Gasteiger partial charge in [-0.25, -0.2) is 0 Å². The second-order valence-corrected chi connectivity index (χ2v) is 7.24. The number of carboxylic acid groups (broad SMARTS) is 1. The maximum atomic E-state index is 12.5. The molecule has 1 atom stereocenters. The zero-order valence-corrected chi connectivity index (χ0v) is 15.2. The number of hydrogen-bond donors (Lipinski definition) is 2. The highest BCUT2D eigenvalue weighted by Crippen LogP contribution is 2.20. The molecule has 0 radical (unpaired) electrons. The van der Waals surface area contributed by atoms with E-state index < -0.39 is 5.97 Å². The summed E-state index contributed by atoms with van der Waals surface area (Å²) in [6, 6.07) is 0.579. The molecule has 0 spiro atoms. The van der Waals surface area contributed by atoms with Crippen molar-refractivity contribution in [1.82, 2.24) is 15.1 Å². The smallest absolute Gasteiger partial charge is 0.317 e. The van der Waals surface area contributed by atoms with Crippen LogP contribution in [-0.4, -0.2) is 71.1 Å². The molecule has 2 fully saturated rings. The Morgan fingerprint density at radius 1 is 1.17 bits per heavy atom. The molecule has 0 aromatic heterocycles. The summed E-state index contributed by atoms with van der Waals surface area (Å²) >= 11 is 0. The number of nitrogens with zero attached hydrogens (tertiary/aromatic N) is 2. The lowest BCUT2D eigenvalue weighted by molar-refractivity contribution is -0.139. The minimum Gasteiger partial charge on any atom is -0.480 e. The highest BCUT2D eigenvalue weighted by Gasteiger charge is 2.30. The Morgan fingerprint density at radius 3 is 2.33 bits per heavy atom. The summed E-state index contributed by atoms with van der Waals surface area (Å²) in [5.41, 5.74) is 0. The summed E-state index contributed by atoms with van der Waals surface area (Å²) in [6.45, 7) is 6.59. The Kier molecular flexibility index (Phi) is 7.49. The summed E-state index contributed by atoms with van der Waals surface area (Å²) in [4.78, 5) is 27.7. The molecule has 1 saturated carbocycles. The Morgan fingerprint density at radius 2 is 1.79 bits per heavy atom. The van der Waals surface area contributed by atoms with Gasteiger partial charge in [-0.2, -0.15) is 0 Å². The van der Waals surface area contributed by atoms with Crippen LogP contribution in [0.2, 0.25) is 0 Å². The normalized spacial score (nSPS) is 22.5. The molecule has 2 rings (SSSR count). The van der Waals surface area contributed by atoms with Gasteiger partial charge in [0.05, 0.1) is 12.6 Å². The predicted molar refractivity (Wildman–Crippen MR) is 94.0 cm³/mol. The zero-order chi connectivity index (χ0) is 17.5. The predicted octanol–water partition coefficient (Wildman–Crippen LogP) is 1.69. The van der Waals surface area contributed by atoms with E-state index in [4.69, 9.17) is 5.11 Å². The fourth-order valence-corrected chi connectivity index (χ4v) is 4.05. The third-order valence-corrected chi connectivity index (χ3v) is 5.64. The lowest BCUT2D eigenvalue weighted by Crippen LogP contribution is -2.53. The molecule has 0 aromatic carbocycles. The molecular weight excluding hydrogens is 306 g/mol. The Labute approximate surface area is 145 Å². The second kappa shape index (κ2) is 9.37. The van der Waals surface area contributed by atoms with Crippen LogP contribution < -0.4 is 5.32 Å². The lowest BCUT2D eigenvalue weighted by atomic mass is 9.95. The van der Waals surface area contributed by atoms with E-state index in [0.717, 1.165) is 45.3 Å². The number of hydrogen-bond acceptors (Lipinski definition) is 4. The van der Waals surface area contributed by atoms with Crippen LogP contribution in [0.4, 0.5) is 0 Å². The Hall–Kier alpha value is -1.14. The minimum absolute atomic E-state index is 0.0950.